The number of hydrogen-bond acceptors (Lipinski definition) is 4. The molecule has 7 nitrogen and oxygen atoms in total. The molecule has 0 radical (unpaired) electrons. The minimum absolute atomic E-state index is 0.142. The largest absolute Gasteiger partial charge is 0.290 e. The Labute approximate surface area is 163 Å². The molecule has 2 aromatic rings. The number of hydrogen-bond donors (Lipinski definition) is 2. The fourth-order valence-electron chi connectivity index (χ4n) is 4.87. The number of aryl methyl sites for hydroxylation is 1. The molecular formula is C21H26N4O3. The molecule has 148 valence electrons. The van der Waals surface area contributed by atoms with E-state index >= 15 is 0 Å². The summed E-state index contributed by atoms with van der Waals surface area (Å²) in [6.07, 6.45) is 6.08. The molecule has 0 saturated heterocycles. The van der Waals surface area contributed by atoms with E-state index in [1.165, 1.54) is 23.9 Å². The van der Waals surface area contributed by atoms with Crippen molar-refractivity contribution >= 4 is 22.6 Å². The lowest BCUT2D eigenvalue weighted by atomic mass is 9.86. The van der Waals surface area contributed by atoms with E-state index in [0.717, 1.165) is 18.8 Å². The Hall–Kier alpha value is -2.70. The van der Waals surface area contributed by atoms with Crippen LogP contribution in [0.25, 0.3) is 10.8 Å². The molecule has 28 heavy (non-hydrogen) atoms. The van der Waals surface area contributed by atoms with Crippen LogP contribution in [0.2, 0.25) is 0 Å². The van der Waals surface area contributed by atoms with E-state index < -0.39 is 5.91 Å². The first-order chi connectivity index (χ1) is 13.6. The molecule has 7 heteroatoms. The molecule has 2 amide bonds. The average Bonchev–Trinajstić information content (AvgIpc) is 3.31. The summed E-state index contributed by atoms with van der Waals surface area (Å²) in [6.45, 7) is 2.37. The molecule has 2 aliphatic carbocycles. The Bertz CT molecular complexity index is 968. The Morgan fingerprint density at radius 1 is 1.14 bits per heavy atom. The van der Waals surface area contributed by atoms with Crippen molar-refractivity contribution in [3.05, 3.63) is 40.3 Å². The predicted octanol–water partition coefficient (Wildman–Crippen LogP) is 2.39. The summed E-state index contributed by atoms with van der Waals surface area (Å²) in [5, 5.41) is 5.18. The Morgan fingerprint density at radius 3 is 2.61 bits per heavy atom. The molecule has 4 rings (SSSR count). The van der Waals surface area contributed by atoms with Gasteiger partial charge in [0.05, 0.1) is 5.39 Å². The molecule has 1 aromatic carbocycles. The zero-order valence-electron chi connectivity index (χ0n) is 16.1. The Kier molecular flexibility index (Phi) is 5.15. The molecule has 0 unspecified atom stereocenters. The van der Waals surface area contributed by atoms with Crippen molar-refractivity contribution in [1.29, 1.82) is 0 Å². The Morgan fingerprint density at radius 2 is 1.93 bits per heavy atom. The highest BCUT2D eigenvalue weighted by molar-refractivity contribution is 6.05. The van der Waals surface area contributed by atoms with Gasteiger partial charge in [0.25, 0.3) is 11.5 Å². The number of carbonyl (C=O) groups excluding carboxylic acids is 2. The van der Waals surface area contributed by atoms with Crippen LogP contribution in [0.1, 0.15) is 55.9 Å². The fourth-order valence-corrected chi connectivity index (χ4v) is 4.87. The van der Waals surface area contributed by atoms with Crippen LogP contribution in [-0.4, -0.2) is 21.6 Å². The summed E-state index contributed by atoms with van der Waals surface area (Å²) in [6, 6.07) is 6.92. The second-order valence-corrected chi connectivity index (χ2v) is 8.06. The lowest BCUT2D eigenvalue weighted by molar-refractivity contribution is -0.123. The normalized spacial score (nSPS) is 23.1. The minimum atomic E-state index is -0.512. The van der Waals surface area contributed by atoms with Crippen molar-refractivity contribution in [2.24, 2.45) is 17.8 Å². The van der Waals surface area contributed by atoms with Crippen LogP contribution < -0.4 is 16.4 Å². The molecule has 3 atom stereocenters. The zero-order chi connectivity index (χ0) is 19.7. The number of fused-ring (bicyclic) bond motifs is 3. The van der Waals surface area contributed by atoms with E-state index in [1.807, 2.05) is 6.92 Å². The summed E-state index contributed by atoms with van der Waals surface area (Å²) < 4.78 is 1.31. The molecule has 0 spiro atoms. The van der Waals surface area contributed by atoms with Gasteiger partial charge in [-0.1, -0.05) is 31.5 Å². The summed E-state index contributed by atoms with van der Waals surface area (Å²) in [5.41, 5.74) is 4.94. The van der Waals surface area contributed by atoms with E-state index in [4.69, 9.17) is 0 Å². The van der Waals surface area contributed by atoms with Gasteiger partial charge in [0, 0.05) is 18.4 Å². The van der Waals surface area contributed by atoms with Gasteiger partial charge in [-0.2, -0.15) is 5.10 Å². The standard InChI is InChI=1S/C21H26N4O3/c1-2-9-25-21(28)17-6-4-3-5-16(17)19(24-25)20(27)23-22-18(26)12-15-11-13-7-8-14(15)10-13/h3-6,13-15H,2,7-12H2,1H3,(H,22,26)(H,23,27)/t13-,14-,15-/m1/s1. The lowest BCUT2D eigenvalue weighted by Crippen LogP contribution is -2.43. The van der Waals surface area contributed by atoms with Gasteiger partial charge in [-0.05, 0) is 49.5 Å². The van der Waals surface area contributed by atoms with Gasteiger partial charge in [-0.15, -0.1) is 0 Å². The fraction of sp³-hybridized carbons (Fsp3) is 0.524. The SMILES string of the molecule is CCCn1nc(C(=O)NNC(=O)C[C@H]2C[C@@H]3CC[C@@H]2C3)c2ccccc2c1=O. The molecule has 0 aliphatic heterocycles. The first-order valence-electron chi connectivity index (χ1n) is 10.2. The summed E-state index contributed by atoms with van der Waals surface area (Å²) in [7, 11) is 0. The maximum atomic E-state index is 12.7. The van der Waals surface area contributed by atoms with Gasteiger partial charge < -0.3 is 0 Å². The van der Waals surface area contributed by atoms with Crippen LogP contribution in [-0.2, 0) is 11.3 Å². The minimum Gasteiger partial charge on any atom is -0.273 e. The highest BCUT2D eigenvalue weighted by Gasteiger charge is 2.40. The third-order valence-corrected chi connectivity index (χ3v) is 6.17. The number of rotatable bonds is 5. The van der Waals surface area contributed by atoms with Crippen LogP contribution in [0.4, 0.5) is 0 Å². The van der Waals surface area contributed by atoms with Crippen molar-refractivity contribution in [3.8, 4) is 0 Å². The number of nitrogens with zero attached hydrogens (tertiary/aromatic N) is 2. The van der Waals surface area contributed by atoms with Crippen LogP contribution >= 0.6 is 0 Å². The van der Waals surface area contributed by atoms with Gasteiger partial charge in [-0.3, -0.25) is 25.2 Å². The molecule has 2 saturated carbocycles. The maximum Gasteiger partial charge on any atom is 0.290 e. The van der Waals surface area contributed by atoms with E-state index in [2.05, 4.69) is 16.0 Å². The quantitative estimate of drug-likeness (QED) is 0.777. The summed E-state index contributed by atoms with van der Waals surface area (Å²) in [5.74, 6) is 1.20. The van der Waals surface area contributed by atoms with Gasteiger partial charge in [0.2, 0.25) is 5.91 Å². The van der Waals surface area contributed by atoms with Crippen LogP contribution in [0.15, 0.2) is 29.1 Å². The number of hydrazine groups is 1. The van der Waals surface area contributed by atoms with Crippen molar-refractivity contribution in [1.82, 2.24) is 20.6 Å². The van der Waals surface area contributed by atoms with Crippen LogP contribution in [0, 0.1) is 17.8 Å². The topological polar surface area (TPSA) is 93.1 Å². The van der Waals surface area contributed by atoms with Crippen LogP contribution in [0.5, 0.6) is 0 Å². The second-order valence-electron chi connectivity index (χ2n) is 8.06. The number of nitrogens with one attached hydrogen (secondary N) is 2. The third-order valence-electron chi connectivity index (χ3n) is 6.17. The van der Waals surface area contributed by atoms with Crippen molar-refractivity contribution in [3.63, 3.8) is 0 Å². The molecular weight excluding hydrogens is 356 g/mol. The average molecular weight is 382 g/mol. The van der Waals surface area contributed by atoms with E-state index in [-0.39, 0.29) is 17.2 Å². The van der Waals surface area contributed by atoms with Gasteiger partial charge in [0.15, 0.2) is 5.69 Å². The van der Waals surface area contributed by atoms with E-state index in [1.54, 1.807) is 24.3 Å². The Balaban J connectivity index is 1.47. The van der Waals surface area contributed by atoms with Gasteiger partial charge in [0.1, 0.15) is 0 Å². The summed E-state index contributed by atoms with van der Waals surface area (Å²) in [4.78, 5) is 37.5. The molecule has 1 aromatic heterocycles. The predicted molar refractivity (Wildman–Crippen MR) is 105 cm³/mol. The van der Waals surface area contributed by atoms with Crippen molar-refractivity contribution in [2.75, 3.05) is 0 Å². The lowest BCUT2D eigenvalue weighted by Gasteiger charge is -2.21. The monoisotopic (exact) mass is 382 g/mol. The highest BCUT2D eigenvalue weighted by atomic mass is 16.2. The number of amides is 2. The maximum absolute atomic E-state index is 12.7. The van der Waals surface area contributed by atoms with Crippen molar-refractivity contribution in [2.45, 2.75) is 52.0 Å². The molecule has 1 heterocycles. The molecule has 2 aliphatic rings. The molecule has 2 N–H and O–H groups in total. The second kappa shape index (κ2) is 7.73. The third kappa shape index (κ3) is 3.53. The van der Waals surface area contributed by atoms with Crippen molar-refractivity contribution < 1.29 is 9.59 Å². The molecule has 2 fully saturated rings. The number of benzene rings is 1. The first kappa shape index (κ1) is 18.7. The van der Waals surface area contributed by atoms with E-state index in [9.17, 15) is 14.4 Å². The van der Waals surface area contributed by atoms with Crippen LogP contribution in [0.3, 0.4) is 0 Å². The number of aromatic nitrogens is 2. The number of carbonyl (C=O) groups is 2. The smallest absolute Gasteiger partial charge is 0.273 e. The molecule has 2 bridgehead atoms. The summed E-state index contributed by atoms with van der Waals surface area (Å²) >= 11 is 0. The van der Waals surface area contributed by atoms with Gasteiger partial charge in [-0.25, -0.2) is 4.68 Å². The first-order valence-corrected chi connectivity index (χ1v) is 10.2. The zero-order valence-corrected chi connectivity index (χ0v) is 16.1. The van der Waals surface area contributed by atoms with E-state index in [0.29, 0.717) is 35.6 Å². The highest BCUT2D eigenvalue weighted by Crippen LogP contribution is 2.49. The van der Waals surface area contributed by atoms with Gasteiger partial charge >= 0.3 is 0 Å².